The van der Waals surface area contributed by atoms with Crippen LogP contribution >= 0.6 is 11.8 Å². The number of aromatic nitrogens is 4. The average molecular weight is 265 g/mol. The quantitative estimate of drug-likeness (QED) is 0.593. The molecule has 0 fully saturated rings. The summed E-state index contributed by atoms with van der Waals surface area (Å²) in [6.07, 6.45) is 5.63. The molecule has 2 N–H and O–H groups in total. The Bertz CT molecular complexity index is 478. The summed E-state index contributed by atoms with van der Waals surface area (Å²) in [5.74, 6) is 1.02. The van der Waals surface area contributed by atoms with Crippen LogP contribution in [0, 0.1) is 0 Å². The number of aromatic amines is 1. The van der Waals surface area contributed by atoms with Crippen LogP contribution in [0.15, 0.2) is 17.7 Å². The molecule has 0 aromatic carbocycles. The lowest BCUT2D eigenvalue weighted by Crippen LogP contribution is -2.30. The van der Waals surface area contributed by atoms with Gasteiger partial charge in [-0.25, -0.2) is 15.0 Å². The molecule has 0 radical (unpaired) electrons. The minimum Gasteiger partial charge on any atom is -0.341 e. The second-order valence-electron chi connectivity index (χ2n) is 4.13. The lowest BCUT2D eigenvalue weighted by Gasteiger charge is -2.16. The van der Waals surface area contributed by atoms with Gasteiger partial charge in [0.25, 0.3) is 0 Å². The first-order valence-corrected chi connectivity index (χ1v) is 7.34. The van der Waals surface area contributed by atoms with E-state index in [4.69, 9.17) is 0 Å². The molecule has 2 aromatic rings. The van der Waals surface area contributed by atoms with Gasteiger partial charge in [-0.05, 0) is 13.0 Å². The molecule has 2 heterocycles. The van der Waals surface area contributed by atoms with Crippen molar-refractivity contribution in [2.45, 2.75) is 37.8 Å². The van der Waals surface area contributed by atoms with Crippen molar-refractivity contribution in [1.29, 1.82) is 0 Å². The Morgan fingerprint density at radius 1 is 1.33 bits per heavy atom. The van der Waals surface area contributed by atoms with Crippen molar-refractivity contribution < 1.29 is 0 Å². The van der Waals surface area contributed by atoms with Gasteiger partial charge < -0.3 is 10.3 Å². The number of H-pyrrole nitrogens is 1. The Labute approximate surface area is 111 Å². The summed E-state index contributed by atoms with van der Waals surface area (Å²) in [5.41, 5.74) is 1.68. The lowest BCUT2D eigenvalue weighted by atomic mass is 10.2. The Morgan fingerprint density at radius 2 is 2.22 bits per heavy atom. The Morgan fingerprint density at radius 3 is 3.00 bits per heavy atom. The number of imidazole rings is 1. The normalized spacial score (nSPS) is 13.0. The van der Waals surface area contributed by atoms with Gasteiger partial charge >= 0.3 is 0 Å². The third-order valence-corrected chi connectivity index (χ3v) is 3.89. The number of hydrogen-bond acceptors (Lipinski definition) is 5. The maximum atomic E-state index is 4.32. The van der Waals surface area contributed by atoms with E-state index in [0.717, 1.165) is 28.5 Å². The Balaban J connectivity index is 2.02. The molecule has 1 atom stereocenters. The molecule has 0 spiro atoms. The van der Waals surface area contributed by atoms with Crippen molar-refractivity contribution in [2.24, 2.45) is 0 Å². The van der Waals surface area contributed by atoms with E-state index in [1.54, 1.807) is 24.4 Å². The van der Waals surface area contributed by atoms with Crippen molar-refractivity contribution >= 4 is 22.9 Å². The van der Waals surface area contributed by atoms with Crippen molar-refractivity contribution in [1.82, 2.24) is 25.3 Å². The smallest absolute Gasteiger partial charge is 0.181 e. The monoisotopic (exact) mass is 265 g/mol. The van der Waals surface area contributed by atoms with Gasteiger partial charge in [0.2, 0.25) is 0 Å². The third kappa shape index (κ3) is 3.20. The van der Waals surface area contributed by atoms with E-state index in [-0.39, 0.29) is 0 Å². The molecule has 5 nitrogen and oxygen atoms in total. The third-order valence-electron chi connectivity index (χ3n) is 2.74. The summed E-state index contributed by atoms with van der Waals surface area (Å²) >= 11 is 1.76. The van der Waals surface area contributed by atoms with E-state index in [9.17, 15) is 0 Å². The van der Waals surface area contributed by atoms with Crippen molar-refractivity contribution in [3.8, 4) is 0 Å². The van der Waals surface area contributed by atoms with Crippen LogP contribution in [0.3, 0.4) is 0 Å². The van der Waals surface area contributed by atoms with Crippen LogP contribution in [0.5, 0.6) is 0 Å². The molecule has 0 saturated heterocycles. The van der Waals surface area contributed by atoms with Crippen molar-refractivity contribution in [3.05, 3.63) is 12.7 Å². The number of nitrogens with one attached hydrogen (secondary N) is 2. The average Bonchev–Trinajstić information content (AvgIpc) is 2.85. The standard InChI is InChI=1S/C12H19N5S/c1-3-5-9(13-4-2)6-18-12-10-11(15-7-14-10)16-8-17-12/h7-9,13H,3-6H2,1-2H3,(H,14,15,16,17). The number of fused-ring (bicyclic) bond motifs is 1. The Kier molecular flexibility index (Phi) is 4.95. The zero-order valence-electron chi connectivity index (χ0n) is 10.8. The number of hydrogen-bond donors (Lipinski definition) is 2. The van der Waals surface area contributed by atoms with Gasteiger partial charge in [-0.15, -0.1) is 11.8 Å². The molecule has 0 aliphatic carbocycles. The zero-order valence-corrected chi connectivity index (χ0v) is 11.6. The van der Waals surface area contributed by atoms with Gasteiger partial charge in [-0.2, -0.15) is 0 Å². The zero-order chi connectivity index (χ0) is 12.8. The summed E-state index contributed by atoms with van der Waals surface area (Å²) in [5, 5.41) is 4.49. The van der Waals surface area contributed by atoms with E-state index in [0.29, 0.717) is 6.04 Å². The molecular weight excluding hydrogens is 246 g/mol. The van der Waals surface area contributed by atoms with E-state index < -0.39 is 0 Å². The predicted molar refractivity (Wildman–Crippen MR) is 74.8 cm³/mol. The topological polar surface area (TPSA) is 66.5 Å². The first-order chi connectivity index (χ1) is 8.85. The highest BCUT2D eigenvalue weighted by Gasteiger charge is 2.10. The first-order valence-electron chi connectivity index (χ1n) is 6.35. The van der Waals surface area contributed by atoms with Gasteiger partial charge in [-0.3, -0.25) is 0 Å². The molecule has 0 saturated carbocycles. The molecule has 0 amide bonds. The molecule has 1 unspecified atom stereocenters. The lowest BCUT2D eigenvalue weighted by molar-refractivity contribution is 0.531. The molecule has 0 bridgehead atoms. The molecule has 6 heteroatoms. The predicted octanol–water partition coefficient (Wildman–Crippen LogP) is 2.22. The second kappa shape index (κ2) is 6.70. The Hall–Kier alpha value is -1.14. The highest BCUT2D eigenvalue weighted by Crippen LogP contribution is 2.23. The summed E-state index contributed by atoms with van der Waals surface area (Å²) < 4.78 is 0. The molecule has 18 heavy (non-hydrogen) atoms. The maximum Gasteiger partial charge on any atom is 0.181 e. The van der Waals surface area contributed by atoms with Crippen LogP contribution in [0.1, 0.15) is 26.7 Å². The van der Waals surface area contributed by atoms with Gasteiger partial charge in [0, 0.05) is 11.8 Å². The van der Waals surface area contributed by atoms with Crippen LogP contribution in [-0.4, -0.2) is 38.3 Å². The molecule has 2 aromatic heterocycles. The van der Waals surface area contributed by atoms with Crippen LogP contribution in [0.4, 0.5) is 0 Å². The summed E-state index contributed by atoms with van der Waals surface area (Å²) in [6.45, 7) is 5.37. The fraction of sp³-hybridized carbons (Fsp3) is 0.583. The minimum atomic E-state index is 0.540. The van der Waals surface area contributed by atoms with Crippen LogP contribution in [0.2, 0.25) is 0 Å². The van der Waals surface area contributed by atoms with E-state index in [1.807, 2.05) is 0 Å². The fourth-order valence-corrected chi connectivity index (χ4v) is 2.97. The highest BCUT2D eigenvalue weighted by atomic mass is 32.2. The molecule has 0 aliphatic heterocycles. The van der Waals surface area contributed by atoms with Crippen LogP contribution < -0.4 is 5.32 Å². The maximum absolute atomic E-state index is 4.32. The molecule has 0 aliphatic rings. The largest absolute Gasteiger partial charge is 0.341 e. The second-order valence-corrected chi connectivity index (χ2v) is 5.14. The fourth-order valence-electron chi connectivity index (χ4n) is 1.91. The van der Waals surface area contributed by atoms with E-state index >= 15 is 0 Å². The SMILES string of the molecule is CCCC(CSc1ncnc2nc[nH]c12)NCC. The van der Waals surface area contributed by atoms with E-state index in [2.05, 4.69) is 39.1 Å². The summed E-state index contributed by atoms with van der Waals surface area (Å²) in [4.78, 5) is 15.7. The van der Waals surface area contributed by atoms with Gasteiger partial charge in [0.05, 0.1) is 6.33 Å². The van der Waals surface area contributed by atoms with Crippen molar-refractivity contribution in [3.63, 3.8) is 0 Å². The summed E-state index contributed by atoms with van der Waals surface area (Å²) in [6, 6.07) is 0.540. The number of thioether (sulfide) groups is 1. The van der Waals surface area contributed by atoms with Gasteiger partial charge in [0.1, 0.15) is 16.9 Å². The highest BCUT2D eigenvalue weighted by molar-refractivity contribution is 7.99. The van der Waals surface area contributed by atoms with Gasteiger partial charge in [-0.1, -0.05) is 20.3 Å². The van der Waals surface area contributed by atoms with Crippen LogP contribution in [-0.2, 0) is 0 Å². The molecular formula is C12H19N5S. The van der Waals surface area contributed by atoms with Crippen LogP contribution in [0.25, 0.3) is 11.2 Å². The van der Waals surface area contributed by atoms with Crippen molar-refractivity contribution in [2.75, 3.05) is 12.3 Å². The number of nitrogens with zero attached hydrogens (tertiary/aromatic N) is 3. The van der Waals surface area contributed by atoms with Gasteiger partial charge in [0.15, 0.2) is 5.65 Å². The van der Waals surface area contributed by atoms with E-state index in [1.165, 1.54) is 12.8 Å². The minimum absolute atomic E-state index is 0.540. The number of rotatable bonds is 7. The first kappa shape index (κ1) is 13.3. The summed E-state index contributed by atoms with van der Waals surface area (Å²) in [7, 11) is 0. The molecule has 2 rings (SSSR count). The molecule has 98 valence electrons.